The molecule has 0 saturated carbocycles. The van der Waals surface area contributed by atoms with Gasteiger partial charge < -0.3 is 24.8 Å². The first-order chi connectivity index (χ1) is 14.6. The Labute approximate surface area is 179 Å². The van der Waals surface area contributed by atoms with Gasteiger partial charge in [0.15, 0.2) is 11.5 Å². The third kappa shape index (κ3) is 4.75. The average molecular weight is 432 g/mol. The smallest absolute Gasteiger partial charge is 0.309 e. The van der Waals surface area contributed by atoms with E-state index in [0.717, 1.165) is 23.5 Å². The van der Waals surface area contributed by atoms with E-state index in [0.29, 0.717) is 24.7 Å². The molecule has 3 heterocycles. The first-order valence-electron chi connectivity index (χ1n) is 9.94. The average Bonchev–Trinajstić information content (AvgIpc) is 3.44. The number of hydrogen-bond donors (Lipinski definition) is 2. The summed E-state index contributed by atoms with van der Waals surface area (Å²) in [5.74, 6) is 0.0213. The molecule has 0 unspecified atom stereocenters. The number of ether oxygens (including phenoxy) is 3. The first kappa shape index (κ1) is 20.6. The molecule has 2 aliphatic rings. The Morgan fingerprint density at radius 1 is 1.13 bits per heavy atom. The number of morpholine rings is 1. The number of fused-ring (bicyclic) bond motifs is 1. The highest BCUT2D eigenvalue weighted by Gasteiger charge is 2.30. The summed E-state index contributed by atoms with van der Waals surface area (Å²) in [6, 6.07) is 9.26. The van der Waals surface area contributed by atoms with Crippen molar-refractivity contribution in [3.05, 3.63) is 46.2 Å². The molecule has 1 saturated heterocycles. The van der Waals surface area contributed by atoms with E-state index < -0.39 is 11.8 Å². The monoisotopic (exact) mass is 431 g/mol. The van der Waals surface area contributed by atoms with Gasteiger partial charge in [-0.05, 0) is 36.1 Å². The Morgan fingerprint density at radius 3 is 2.70 bits per heavy atom. The molecule has 30 heavy (non-hydrogen) atoms. The maximum atomic E-state index is 12.5. The molecular formula is C21H25N3O5S. The van der Waals surface area contributed by atoms with Crippen molar-refractivity contribution in [3.63, 3.8) is 0 Å². The van der Waals surface area contributed by atoms with Crippen LogP contribution < -0.4 is 20.1 Å². The highest BCUT2D eigenvalue weighted by Crippen LogP contribution is 2.32. The Bertz CT molecular complexity index is 883. The third-order valence-corrected chi connectivity index (χ3v) is 6.15. The summed E-state index contributed by atoms with van der Waals surface area (Å²) in [4.78, 5) is 28.3. The highest BCUT2D eigenvalue weighted by atomic mass is 32.1. The summed E-state index contributed by atoms with van der Waals surface area (Å²) in [7, 11) is 0. The van der Waals surface area contributed by atoms with Gasteiger partial charge in [0.2, 0.25) is 6.79 Å². The molecular weight excluding hydrogens is 406 g/mol. The van der Waals surface area contributed by atoms with Crippen LogP contribution in [0.4, 0.5) is 0 Å². The van der Waals surface area contributed by atoms with Crippen molar-refractivity contribution in [1.82, 2.24) is 15.5 Å². The number of nitrogens with one attached hydrogen (secondary N) is 2. The lowest BCUT2D eigenvalue weighted by atomic mass is 10.1. The van der Waals surface area contributed by atoms with Crippen molar-refractivity contribution >= 4 is 23.2 Å². The Balaban J connectivity index is 1.34. The van der Waals surface area contributed by atoms with E-state index in [1.54, 1.807) is 23.5 Å². The number of rotatable bonds is 6. The second-order valence-electron chi connectivity index (χ2n) is 7.24. The largest absolute Gasteiger partial charge is 0.454 e. The molecule has 160 valence electrons. The van der Waals surface area contributed by atoms with Gasteiger partial charge in [-0.3, -0.25) is 14.5 Å². The highest BCUT2D eigenvalue weighted by molar-refractivity contribution is 7.10. The fourth-order valence-corrected chi connectivity index (χ4v) is 4.69. The van der Waals surface area contributed by atoms with Gasteiger partial charge >= 0.3 is 11.8 Å². The van der Waals surface area contributed by atoms with Gasteiger partial charge in [0.05, 0.1) is 19.3 Å². The topological polar surface area (TPSA) is 89.1 Å². The molecule has 2 amide bonds. The molecule has 0 spiro atoms. The van der Waals surface area contributed by atoms with E-state index in [9.17, 15) is 9.59 Å². The van der Waals surface area contributed by atoms with Crippen molar-refractivity contribution in [2.24, 2.45) is 0 Å². The molecule has 1 aromatic carbocycles. The lowest BCUT2D eigenvalue weighted by molar-refractivity contribution is -0.140. The normalized spacial score (nSPS) is 17.9. The van der Waals surface area contributed by atoms with Crippen LogP contribution in [-0.2, 0) is 20.9 Å². The van der Waals surface area contributed by atoms with E-state index in [1.165, 1.54) is 0 Å². The Kier molecular flexibility index (Phi) is 6.51. The predicted molar refractivity (Wildman–Crippen MR) is 111 cm³/mol. The van der Waals surface area contributed by atoms with Crippen LogP contribution in [0.5, 0.6) is 11.5 Å². The fraction of sp³-hybridized carbons (Fsp3) is 0.429. The van der Waals surface area contributed by atoms with E-state index in [2.05, 4.69) is 21.6 Å². The van der Waals surface area contributed by atoms with E-state index in [4.69, 9.17) is 14.2 Å². The molecule has 8 nitrogen and oxygen atoms in total. The molecule has 9 heteroatoms. The van der Waals surface area contributed by atoms with Gasteiger partial charge in [0, 0.05) is 30.6 Å². The molecule has 0 radical (unpaired) electrons. The molecule has 2 aromatic rings. The minimum atomic E-state index is -0.661. The zero-order valence-electron chi connectivity index (χ0n) is 16.8. The van der Waals surface area contributed by atoms with E-state index in [-0.39, 0.29) is 25.4 Å². The van der Waals surface area contributed by atoms with Crippen LogP contribution in [0.2, 0.25) is 0 Å². The number of thiophene rings is 1. The maximum Gasteiger partial charge on any atom is 0.309 e. The van der Waals surface area contributed by atoms with Crippen LogP contribution in [0.25, 0.3) is 0 Å². The summed E-state index contributed by atoms with van der Waals surface area (Å²) in [6.07, 6.45) is 0. The van der Waals surface area contributed by atoms with Crippen LogP contribution >= 0.6 is 11.3 Å². The molecule has 4 rings (SSSR count). The standard InChI is InChI=1S/C21H25N3O5S/c1-14(19(18-3-2-10-30-18)24-6-8-27-9-7-24)23-21(26)20(25)22-12-15-4-5-16-17(11-15)29-13-28-16/h2-5,10-11,14,19H,6-9,12-13H2,1H3,(H,22,25)(H,23,26)/t14-,19-/m1/s1. The van der Waals surface area contributed by atoms with Crippen molar-refractivity contribution in [2.75, 3.05) is 33.1 Å². The van der Waals surface area contributed by atoms with Crippen LogP contribution in [-0.4, -0.2) is 55.9 Å². The third-order valence-electron chi connectivity index (χ3n) is 5.20. The Hall–Kier alpha value is -2.62. The van der Waals surface area contributed by atoms with Gasteiger partial charge in [0.1, 0.15) is 0 Å². The van der Waals surface area contributed by atoms with Crippen LogP contribution in [0.3, 0.4) is 0 Å². The lowest BCUT2D eigenvalue weighted by Crippen LogP contribution is -2.51. The quantitative estimate of drug-likeness (QED) is 0.677. The second-order valence-corrected chi connectivity index (χ2v) is 8.22. The van der Waals surface area contributed by atoms with Gasteiger partial charge in [0.25, 0.3) is 0 Å². The van der Waals surface area contributed by atoms with Gasteiger partial charge in [-0.15, -0.1) is 11.3 Å². The lowest BCUT2D eigenvalue weighted by Gasteiger charge is -2.37. The van der Waals surface area contributed by atoms with Gasteiger partial charge in [-0.25, -0.2) is 0 Å². The maximum absolute atomic E-state index is 12.5. The number of amides is 2. The summed E-state index contributed by atoms with van der Waals surface area (Å²) in [6.45, 7) is 5.27. The van der Waals surface area contributed by atoms with E-state index in [1.807, 2.05) is 24.4 Å². The zero-order chi connectivity index (χ0) is 20.9. The molecule has 0 aliphatic carbocycles. The van der Waals surface area contributed by atoms with Crippen molar-refractivity contribution in [1.29, 1.82) is 0 Å². The minimum Gasteiger partial charge on any atom is -0.454 e. The fourth-order valence-electron chi connectivity index (χ4n) is 3.72. The number of carbonyl (C=O) groups is 2. The van der Waals surface area contributed by atoms with E-state index >= 15 is 0 Å². The molecule has 2 N–H and O–H groups in total. The summed E-state index contributed by atoms with van der Waals surface area (Å²) in [5.41, 5.74) is 0.832. The molecule has 1 fully saturated rings. The molecule has 1 aromatic heterocycles. The van der Waals surface area contributed by atoms with Crippen LogP contribution in [0, 0.1) is 0 Å². The van der Waals surface area contributed by atoms with Crippen LogP contribution in [0.1, 0.15) is 23.4 Å². The number of hydrogen-bond acceptors (Lipinski definition) is 7. The van der Waals surface area contributed by atoms with Crippen LogP contribution in [0.15, 0.2) is 35.7 Å². The zero-order valence-corrected chi connectivity index (χ0v) is 17.6. The van der Waals surface area contributed by atoms with Crippen molar-refractivity contribution in [2.45, 2.75) is 25.6 Å². The number of benzene rings is 1. The van der Waals surface area contributed by atoms with Gasteiger partial charge in [-0.2, -0.15) is 0 Å². The number of nitrogens with zero attached hydrogens (tertiary/aromatic N) is 1. The summed E-state index contributed by atoms with van der Waals surface area (Å²) < 4.78 is 16.1. The number of carbonyl (C=O) groups excluding carboxylic acids is 2. The molecule has 0 bridgehead atoms. The Morgan fingerprint density at radius 2 is 1.93 bits per heavy atom. The van der Waals surface area contributed by atoms with Gasteiger partial charge in [-0.1, -0.05) is 12.1 Å². The summed E-state index contributed by atoms with van der Waals surface area (Å²) >= 11 is 1.65. The second kappa shape index (κ2) is 9.46. The van der Waals surface area contributed by atoms with Crippen molar-refractivity contribution in [3.8, 4) is 11.5 Å². The SMILES string of the molecule is C[C@@H](NC(=O)C(=O)NCc1ccc2c(c1)OCO2)[C@H](c1cccs1)N1CCOCC1. The molecule has 2 aliphatic heterocycles. The summed E-state index contributed by atoms with van der Waals surface area (Å²) in [5, 5.41) is 7.57. The molecule has 2 atom stereocenters. The minimum absolute atomic E-state index is 0.000454. The predicted octanol–water partition coefficient (Wildman–Crippen LogP) is 1.67. The first-order valence-corrected chi connectivity index (χ1v) is 10.8. The van der Waals surface area contributed by atoms with Crippen molar-refractivity contribution < 1.29 is 23.8 Å².